The molecule has 2 aromatic heterocycles. The average Bonchev–Trinajstić information content (AvgIpc) is 2.88. The van der Waals surface area contributed by atoms with Crippen LogP contribution in [0.3, 0.4) is 0 Å². The molecule has 0 aliphatic rings. The van der Waals surface area contributed by atoms with E-state index in [9.17, 15) is 4.79 Å². The summed E-state index contributed by atoms with van der Waals surface area (Å²) in [4.78, 5) is 28.4. The molecular weight excluding hydrogens is 272 g/mol. The lowest BCUT2D eigenvalue weighted by Crippen LogP contribution is -2.35. The standard InChI is InChI=1S/C9H11ClN8O/c1-2-17(3-6(11)19)8-14-7(10)15-9(16-8)18-5-12-4-13-18/h4-5H,2-3H2,1H3,(H2,11,19). The van der Waals surface area contributed by atoms with Gasteiger partial charge in [-0.25, -0.2) is 4.98 Å². The van der Waals surface area contributed by atoms with Gasteiger partial charge in [-0.05, 0) is 18.5 Å². The second-order valence-corrected chi connectivity index (χ2v) is 3.86. The van der Waals surface area contributed by atoms with E-state index in [1.54, 1.807) is 4.90 Å². The summed E-state index contributed by atoms with van der Waals surface area (Å²) in [6, 6.07) is 0. The highest BCUT2D eigenvalue weighted by Gasteiger charge is 2.14. The zero-order valence-corrected chi connectivity index (χ0v) is 10.8. The summed E-state index contributed by atoms with van der Waals surface area (Å²) in [6.45, 7) is 2.34. The number of rotatable bonds is 5. The summed E-state index contributed by atoms with van der Waals surface area (Å²) in [5, 5.41) is 3.90. The minimum atomic E-state index is -0.485. The number of anilines is 1. The predicted octanol–water partition coefficient (Wildman–Crippen LogP) is -0.583. The van der Waals surface area contributed by atoms with Gasteiger partial charge in [0.2, 0.25) is 17.1 Å². The van der Waals surface area contributed by atoms with Crippen LogP contribution in [0.5, 0.6) is 0 Å². The van der Waals surface area contributed by atoms with E-state index in [1.807, 2.05) is 6.92 Å². The van der Waals surface area contributed by atoms with E-state index in [2.05, 4.69) is 25.0 Å². The topological polar surface area (TPSA) is 116 Å². The fraction of sp³-hybridized carbons (Fsp3) is 0.333. The zero-order valence-electron chi connectivity index (χ0n) is 10.1. The molecule has 0 bridgehead atoms. The van der Waals surface area contributed by atoms with Crippen LogP contribution in [0.25, 0.3) is 5.95 Å². The number of hydrogen-bond donors (Lipinski definition) is 1. The van der Waals surface area contributed by atoms with Gasteiger partial charge in [-0.15, -0.1) is 0 Å². The van der Waals surface area contributed by atoms with Crippen LogP contribution >= 0.6 is 11.6 Å². The van der Waals surface area contributed by atoms with Crippen molar-refractivity contribution in [3.05, 3.63) is 17.9 Å². The third-order valence-corrected chi connectivity index (χ3v) is 2.39. The SMILES string of the molecule is CCN(CC(N)=O)c1nc(Cl)nc(-n2cncn2)n1. The Morgan fingerprint density at radius 2 is 2.26 bits per heavy atom. The number of hydrogen-bond acceptors (Lipinski definition) is 7. The van der Waals surface area contributed by atoms with Gasteiger partial charge in [-0.1, -0.05) is 0 Å². The van der Waals surface area contributed by atoms with Crippen molar-refractivity contribution in [1.82, 2.24) is 29.7 Å². The minimum Gasteiger partial charge on any atom is -0.368 e. The zero-order chi connectivity index (χ0) is 13.8. The van der Waals surface area contributed by atoms with E-state index in [4.69, 9.17) is 17.3 Å². The van der Waals surface area contributed by atoms with E-state index in [-0.39, 0.29) is 23.7 Å². The number of carbonyl (C=O) groups excluding carboxylic acids is 1. The normalized spacial score (nSPS) is 10.4. The summed E-state index contributed by atoms with van der Waals surface area (Å²) in [5.74, 6) is -0.0112. The molecule has 0 fully saturated rings. The fourth-order valence-corrected chi connectivity index (χ4v) is 1.55. The van der Waals surface area contributed by atoms with Crippen molar-refractivity contribution in [3.63, 3.8) is 0 Å². The van der Waals surface area contributed by atoms with Crippen LogP contribution in [0, 0.1) is 0 Å². The molecule has 0 aromatic carbocycles. The third kappa shape index (κ3) is 3.13. The second kappa shape index (κ2) is 5.57. The highest BCUT2D eigenvalue weighted by atomic mass is 35.5. The van der Waals surface area contributed by atoms with Gasteiger partial charge in [0.1, 0.15) is 12.7 Å². The molecule has 0 saturated heterocycles. The highest BCUT2D eigenvalue weighted by Crippen LogP contribution is 2.12. The average molecular weight is 283 g/mol. The Morgan fingerprint density at radius 1 is 1.47 bits per heavy atom. The molecule has 0 spiro atoms. The molecule has 0 saturated carbocycles. The summed E-state index contributed by atoms with van der Waals surface area (Å²) < 4.78 is 1.34. The van der Waals surface area contributed by atoms with Crippen LogP contribution < -0.4 is 10.6 Å². The lowest BCUT2D eigenvalue weighted by Gasteiger charge is -2.18. The quantitative estimate of drug-likeness (QED) is 0.779. The molecule has 10 heteroatoms. The van der Waals surface area contributed by atoms with E-state index in [0.717, 1.165) is 0 Å². The molecule has 0 atom stereocenters. The number of likely N-dealkylation sites (N-methyl/N-ethyl adjacent to an activating group) is 1. The molecule has 2 aromatic rings. The Kier molecular flexibility index (Phi) is 3.85. The van der Waals surface area contributed by atoms with Crippen molar-refractivity contribution in [2.24, 2.45) is 5.73 Å². The van der Waals surface area contributed by atoms with Crippen LogP contribution in [0.1, 0.15) is 6.92 Å². The van der Waals surface area contributed by atoms with E-state index in [1.165, 1.54) is 17.3 Å². The van der Waals surface area contributed by atoms with Gasteiger partial charge in [-0.3, -0.25) is 4.79 Å². The van der Waals surface area contributed by atoms with Crippen molar-refractivity contribution in [2.75, 3.05) is 18.0 Å². The highest BCUT2D eigenvalue weighted by molar-refractivity contribution is 6.28. The first-order chi connectivity index (χ1) is 9.10. The Labute approximate surface area is 113 Å². The number of carbonyl (C=O) groups is 1. The van der Waals surface area contributed by atoms with E-state index >= 15 is 0 Å². The Hall–Kier alpha value is -2.29. The number of aromatic nitrogens is 6. The molecule has 9 nitrogen and oxygen atoms in total. The smallest absolute Gasteiger partial charge is 0.258 e. The third-order valence-electron chi connectivity index (χ3n) is 2.22. The predicted molar refractivity (Wildman–Crippen MR) is 66.8 cm³/mol. The Morgan fingerprint density at radius 3 is 2.84 bits per heavy atom. The lowest BCUT2D eigenvalue weighted by atomic mass is 10.5. The molecule has 0 aliphatic carbocycles. The maximum absolute atomic E-state index is 11.0. The first-order valence-corrected chi connectivity index (χ1v) is 5.77. The lowest BCUT2D eigenvalue weighted by molar-refractivity contribution is -0.116. The van der Waals surface area contributed by atoms with Crippen molar-refractivity contribution in [3.8, 4) is 5.95 Å². The van der Waals surface area contributed by atoms with Crippen molar-refractivity contribution >= 4 is 23.5 Å². The van der Waals surface area contributed by atoms with Crippen molar-refractivity contribution in [2.45, 2.75) is 6.92 Å². The Bertz CT molecular complexity index is 572. The van der Waals surface area contributed by atoms with E-state index in [0.29, 0.717) is 6.54 Å². The van der Waals surface area contributed by atoms with Crippen molar-refractivity contribution < 1.29 is 4.79 Å². The maximum Gasteiger partial charge on any atom is 0.258 e. The van der Waals surface area contributed by atoms with Crippen LogP contribution in [0.2, 0.25) is 5.28 Å². The molecule has 2 rings (SSSR count). The number of halogens is 1. The molecule has 0 aliphatic heterocycles. The number of nitrogens with zero attached hydrogens (tertiary/aromatic N) is 7. The first kappa shape index (κ1) is 13.1. The second-order valence-electron chi connectivity index (χ2n) is 3.52. The van der Waals surface area contributed by atoms with Gasteiger partial charge in [-0.2, -0.15) is 24.7 Å². The molecular formula is C9H11ClN8O. The number of primary amides is 1. The van der Waals surface area contributed by atoms with Gasteiger partial charge in [0.15, 0.2) is 0 Å². The molecule has 2 heterocycles. The fourth-order valence-electron chi connectivity index (χ4n) is 1.40. The van der Waals surface area contributed by atoms with Gasteiger partial charge in [0.25, 0.3) is 5.95 Å². The summed E-state index contributed by atoms with van der Waals surface area (Å²) in [7, 11) is 0. The van der Waals surface area contributed by atoms with Gasteiger partial charge >= 0.3 is 0 Å². The number of nitrogens with two attached hydrogens (primary N) is 1. The molecule has 1 amide bonds. The molecule has 0 radical (unpaired) electrons. The van der Waals surface area contributed by atoms with E-state index < -0.39 is 5.91 Å². The molecule has 100 valence electrons. The van der Waals surface area contributed by atoms with Crippen LogP contribution in [0.4, 0.5) is 5.95 Å². The molecule has 0 unspecified atom stereocenters. The van der Waals surface area contributed by atoms with Gasteiger partial charge < -0.3 is 10.6 Å². The largest absolute Gasteiger partial charge is 0.368 e. The van der Waals surface area contributed by atoms with Gasteiger partial charge in [0, 0.05) is 6.54 Å². The maximum atomic E-state index is 11.0. The summed E-state index contributed by atoms with van der Waals surface area (Å²) >= 11 is 5.84. The molecule has 2 N–H and O–H groups in total. The summed E-state index contributed by atoms with van der Waals surface area (Å²) in [6.07, 6.45) is 2.78. The van der Waals surface area contributed by atoms with Crippen molar-refractivity contribution in [1.29, 1.82) is 0 Å². The Balaban J connectivity index is 2.38. The van der Waals surface area contributed by atoms with Crippen LogP contribution in [-0.2, 0) is 4.79 Å². The van der Waals surface area contributed by atoms with Crippen LogP contribution in [0.15, 0.2) is 12.7 Å². The monoisotopic (exact) mass is 282 g/mol. The minimum absolute atomic E-state index is 0.00146. The van der Waals surface area contributed by atoms with Gasteiger partial charge in [0.05, 0.1) is 6.54 Å². The number of amides is 1. The summed E-state index contributed by atoms with van der Waals surface area (Å²) in [5.41, 5.74) is 5.16. The van der Waals surface area contributed by atoms with Crippen LogP contribution in [-0.4, -0.2) is 48.7 Å². The first-order valence-electron chi connectivity index (χ1n) is 5.40. The molecule has 19 heavy (non-hydrogen) atoms.